The molecule has 1 amide bonds. The molecule has 1 saturated heterocycles. The quantitative estimate of drug-likeness (QED) is 0.0788. The lowest BCUT2D eigenvalue weighted by Crippen LogP contribution is -2.36. The normalized spacial score (nSPS) is 22.7. The van der Waals surface area contributed by atoms with Crippen LogP contribution in [0.1, 0.15) is 16.6 Å². The molecule has 36 heavy (non-hydrogen) atoms. The van der Waals surface area contributed by atoms with Crippen molar-refractivity contribution in [2.24, 2.45) is 0 Å². The Labute approximate surface area is 216 Å². The van der Waals surface area contributed by atoms with E-state index in [1.807, 2.05) is 22.6 Å². The van der Waals surface area contributed by atoms with Crippen LogP contribution in [-0.2, 0) is 18.8 Å². The third-order valence-corrected chi connectivity index (χ3v) is 5.94. The second-order valence-corrected chi connectivity index (χ2v) is 9.07. The minimum Gasteiger partial charge on any atom is -0.477 e. The number of carboxylic acid groups (broad SMARTS) is 1. The van der Waals surface area contributed by atoms with Crippen LogP contribution >= 0.6 is 31.2 Å². The molecule has 0 spiro atoms. The zero-order chi connectivity index (χ0) is 26.0. The Bertz CT molecular complexity index is 1250. The fourth-order valence-corrected chi connectivity index (χ4v) is 4.24. The van der Waals surface area contributed by atoms with Crippen molar-refractivity contribution in [3.8, 4) is 0 Å². The zero-order valence-corrected chi connectivity index (χ0v) is 21.0. The van der Waals surface area contributed by atoms with E-state index in [0.717, 1.165) is 0 Å². The predicted octanol–water partition coefficient (Wildman–Crippen LogP) is -0.0422. The number of imidazole rings is 1. The van der Waals surface area contributed by atoms with E-state index in [2.05, 4.69) is 24.8 Å². The molecule has 0 aliphatic carbocycles. The van der Waals surface area contributed by atoms with Crippen molar-refractivity contribution < 1.29 is 48.7 Å². The Balaban J connectivity index is 1.55. The lowest BCUT2D eigenvalue weighted by molar-refractivity contribution is -0.180. The molecule has 1 aliphatic heterocycles. The number of amides is 1. The number of ether oxygens (including phenoxy) is 2. The third kappa shape index (κ3) is 5.77. The highest BCUT2D eigenvalue weighted by molar-refractivity contribution is 14.1. The number of aromatic nitrogens is 4. The van der Waals surface area contributed by atoms with Crippen molar-refractivity contribution >= 4 is 60.1 Å². The molecule has 192 valence electrons. The Morgan fingerprint density at radius 2 is 1.92 bits per heavy atom. The largest absolute Gasteiger partial charge is 0.477 e. The van der Waals surface area contributed by atoms with E-state index in [1.54, 1.807) is 30.3 Å². The fourth-order valence-electron chi connectivity index (χ4n) is 3.44. The molecule has 1 aliphatic rings. The van der Waals surface area contributed by atoms with Crippen molar-refractivity contribution in [2.45, 2.75) is 30.8 Å². The van der Waals surface area contributed by atoms with E-state index >= 15 is 0 Å². The SMILES string of the molecule is O=C(Nc1nc(I)nc2c1ncn2[C@@H]1O[C@H](COC(OP(O)O)C(=O)O)[C@@H](O)[C@H]1O)c1ccccc1. The first-order chi connectivity index (χ1) is 17.2. The average molecular weight is 635 g/mol. The minimum absolute atomic E-state index is 0.121. The molecule has 4 rings (SSSR count). The minimum atomic E-state index is -3.02. The van der Waals surface area contributed by atoms with Gasteiger partial charge in [0.05, 0.1) is 12.9 Å². The van der Waals surface area contributed by atoms with Gasteiger partial charge < -0.3 is 39.9 Å². The molecule has 1 fully saturated rings. The van der Waals surface area contributed by atoms with Crippen LogP contribution in [0.15, 0.2) is 36.7 Å². The highest BCUT2D eigenvalue weighted by Gasteiger charge is 2.45. The van der Waals surface area contributed by atoms with Gasteiger partial charge in [-0.1, -0.05) is 18.2 Å². The number of halogens is 1. The van der Waals surface area contributed by atoms with Crippen molar-refractivity contribution in [1.29, 1.82) is 0 Å². The Kier molecular flexibility index (Phi) is 8.38. The number of aliphatic carboxylic acids is 1. The smallest absolute Gasteiger partial charge is 0.361 e. The number of anilines is 1. The van der Waals surface area contributed by atoms with E-state index < -0.39 is 57.9 Å². The van der Waals surface area contributed by atoms with E-state index in [4.69, 9.17) is 24.4 Å². The second-order valence-electron chi connectivity index (χ2n) is 7.39. The van der Waals surface area contributed by atoms with Gasteiger partial charge in [-0.3, -0.25) is 13.9 Å². The lowest BCUT2D eigenvalue weighted by Gasteiger charge is -2.19. The summed E-state index contributed by atoms with van der Waals surface area (Å²) in [4.78, 5) is 54.3. The summed E-state index contributed by atoms with van der Waals surface area (Å²) < 4.78 is 16.6. The maximum Gasteiger partial charge on any atom is 0.361 e. The first-order valence-corrected chi connectivity index (χ1v) is 12.4. The predicted molar refractivity (Wildman–Crippen MR) is 128 cm³/mol. The zero-order valence-electron chi connectivity index (χ0n) is 17.9. The summed E-state index contributed by atoms with van der Waals surface area (Å²) >= 11 is 1.85. The molecule has 5 atom stereocenters. The third-order valence-electron chi connectivity index (χ3n) is 5.08. The van der Waals surface area contributed by atoms with Crippen molar-refractivity contribution in [3.63, 3.8) is 0 Å². The van der Waals surface area contributed by atoms with E-state index in [0.29, 0.717) is 5.56 Å². The number of carbonyl (C=O) groups is 2. The highest BCUT2D eigenvalue weighted by Crippen LogP contribution is 2.34. The van der Waals surface area contributed by atoms with Crippen molar-refractivity contribution in [1.82, 2.24) is 19.5 Å². The number of carbonyl (C=O) groups excluding carboxylic acids is 1. The van der Waals surface area contributed by atoms with Crippen molar-refractivity contribution in [3.05, 3.63) is 46.1 Å². The average Bonchev–Trinajstić information content (AvgIpc) is 3.37. The number of carboxylic acids is 1. The molecule has 3 aromatic rings. The Morgan fingerprint density at radius 1 is 1.19 bits per heavy atom. The molecule has 0 bridgehead atoms. The van der Waals surface area contributed by atoms with Crippen LogP contribution in [0.4, 0.5) is 5.82 Å². The first kappa shape index (κ1) is 26.6. The van der Waals surface area contributed by atoms with Gasteiger partial charge in [-0.2, -0.15) is 0 Å². The van der Waals surface area contributed by atoms with Gasteiger partial charge in [0.15, 0.2) is 27.0 Å². The van der Waals surface area contributed by atoms with Gasteiger partial charge in [0.2, 0.25) is 0 Å². The first-order valence-electron chi connectivity index (χ1n) is 10.1. The van der Waals surface area contributed by atoms with E-state index in [9.17, 15) is 19.8 Å². The summed E-state index contributed by atoms with van der Waals surface area (Å²) in [6.45, 7) is -0.563. The Morgan fingerprint density at radius 3 is 2.58 bits per heavy atom. The molecule has 3 heterocycles. The number of nitrogens with one attached hydrogen (secondary N) is 1. The molecular weight excluding hydrogens is 616 g/mol. The summed E-state index contributed by atoms with van der Waals surface area (Å²) in [5.74, 6) is -1.93. The monoisotopic (exact) mass is 635 g/mol. The summed E-state index contributed by atoms with van der Waals surface area (Å²) in [5.41, 5.74) is 0.787. The number of fused-ring (bicyclic) bond motifs is 1. The fraction of sp³-hybridized carbons (Fsp3) is 0.316. The lowest BCUT2D eigenvalue weighted by atomic mass is 10.1. The number of benzene rings is 1. The van der Waals surface area contributed by atoms with Gasteiger partial charge in [0.25, 0.3) is 12.2 Å². The van der Waals surface area contributed by atoms with Gasteiger partial charge >= 0.3 is 14.6 Å². The van der Waals surface area contributed by atoms with Crippen LogP contribution in [0, 0.1) is 3.83 Å². The Hall–Kier alpha value is -2.41. The van der Waals surface area contributed by atoms with Crippen LogP contribution < -0.4 is 5.32 Å². The molecule has 17 heteroatoms. The molecular formula is C19H19IN5O10P. The van der Waals surface area contributed by atoms with Crippen LogP contribution in [-0.4, -0.2) is 87.7 Å². The number of rotatable bonds is 9. The molecule has 0 saturated carbocycles. The standard InChI is InChI=1S/C19H19IN5O10P/c20-19-23-13(22-15(28)8-4-2-1-3-5-8)10-14(24-19)25(7-21-10)16-12(27)11(26)9(34-16)6-33-18(17(29)30)35-36(31)32/h1-5,7,9,11-12,16,18,26-27,31-32H,6H2,(H,29,30)(H,22,23,24,28)/t9-,11-,12-,16-,18?/m1/s1. The highest BCUT2D eigenvalue weighted by atomic mass is 127. The van der Waals surface area contributed by atoms with Gasteiger partial charge in [-0.05, 0) is 12.1 Å². The molecule has 1 unspecified atom stereocenters. The molecule has 1 aromatic carbocycles. The topological polar surface area (TPSA) is 219 Å². The van der Waals surface area contributed by atoms with Gasteiger partial charge in [-0.25, -0.2) is 19.7 Å². The number of aliphatic hydroxyl groups excluding tert-OH is 2. The van der Waals surface area contributed by atoms with Gasteiger partial charge in [0, 0.05) is 28.2 Å². The van der Waals surface area contributed by atoms with Gasteiger partial charge in [-0.15, -0.1) is 0 Å². The van der Waals surface area contributed by atoms with Crippen molar-refractivity contribution in [2.75, 3.05) is 11.9 Å². The summed E-state index contributed by atoms with van der Waals surface area (Å²) in [5, 5.41) is 32.7. The van der Waals surface area contributed by atoms with Crippen LogP contribution in [0.25, 0.3) is 11.2 Å². The summed E-state index contributed by atoms with van der Waals surface area (Å²) in [6, 6.07) is 8.46. The van der Waals surface area contributed by atoms with E-state index in [1.165, 1.54) is 10.9 Å². The molecule has 15 nitrogen and oxygen atoms in total. The number of nitrogens with zero attached hydrogens (tertiary/aromatic N) is 4. The number of aliphatic hydroxyl groups is 2. The van der Waals surface area contributed by atoms with Crippen LogP contribution in [0.3, 0.4) is 0 Å². The van der Waals surface area contributed by atoms with Crippen LogP contribution in [0.2, 0.25) is 0 Å². The number of hydrogen-bond acceptors (Lipinski definition) is 12. The molecule has 6 N–H and O–H groups in total. The summed E-state index contributed by atoms with van der Waals surface area (Å²) in [6.07, 6.45) is -6.18. The van der Waals surface area contributed by atoms with E-state index in [-0.39, 0.29) is 20.8 Å². The maximum absolute atomic E-state index is 12.6. The summed E-state index contributed by atoms with van der Waals surface area (Å²) in [7, 11) is -3.02. The molecule has 0 radical (unpaired) electrons. The second kappa shape index (κ2) is 11.3. The molecule has 2 aromatic heterocycles. The van der Waals surface area contributed by atoms with Crippen LogP contribution in [0.5, 0.6) is 0 Å². The maximum atomic E-state index is 12.6. The van der Waals surface area contributed by atoms with Gasteiger partial charge in [0.1, 0.15) is 18.3 Å². The number of hydrogen-bond donors (Lipinski definition) is 6.